The zero-order valence-corrected chi connectivity index (χ0v) is 46.1. The SMILES string of the molecule is CCC(=O)c1cccc2cc(Oc3ccnc(Cl)c3)ccc12.CNC(=O)c1cccc2cc(Oc3ccnc(NC(=O)c4ccc(OCCN5CC(F)(F)C5)cc4)c3)ccc12.NC(=O)c1ccc(OCCN2CC(F)(F)C2)cc1.S=S. The van der Waals surface area contributed by atoms with E-state index in [0.29, 0.717) is 88.3 Å². The van der Waals surface area contributed by atoms with E-state index in [9.17, 15) is 36.7 Å². The van der Waals surface area contributed by atoms with Gasteiger partial charge in [0.25, 0.3) is 23.7 Å². The number of ketones is 1. The molecule has 10 rings (SSSR count). The van der Waals surface area contributed by atoms with Gasteiger partial charge in [-0.05, 0) is 125 Å². The lowest BCUT2D eigenvalue weighted by molar-refractivity contribution is -0.132. The maximum absolute atomic E-state index is 12.9. The molecule has 2 fully saturated rings. The number of nitrogens with two attached hydrogens (primary N) is 1. The number of fused-ring (bicyclic) bond motifs is 2. The number of rotatable bonds is 18. The van der Waals surface area contributed by atoms with Crippen molar-refractivity contribution in [3.63, 3.8) is 0 Å². The number of alkyl halides is 4. The Morgan fingerprint density at radius 3 is 1.53 bits per heavy atom. The van der Waals surface area contributed by atoms with Crippen LogP contribution in [0.2, 0.25) is 5.15 Å². The van der Waals surface area contributed by atoms with E-state index in [1.807, 2.05) is 67.6 Å². The second kappa shape index (κ2) is 28.3. The minimum Gasteiger partial charge on any atom is -0.492 e. The molecule has 420 valence electrons. The molecule has 81 heavy (non-hydrogen) atoms. The molecule has 0 spiro atoms. The van der Waals surface area contributed by atoms with Gasteiger partial charge in [-0.25, -0.2) is 27.5 Å². The molecule has 0 saturated carbocycles. The number of likely N-dealkylation sites (tertiary alicyclic amines) is 2. The summed E-state index contributed by atoms with van der Waals surface area (Å²) in [7, 11) is 1.59. The van der Waals surface area contributed by atoms with Gasteiger partial charge in [-0.15, -0.1) is 0 Å². The first-order chi connectivity index (χ1) is 38.9. The lowest BCUT2D eigenvalue weighted by Crippen LogP contribution is -2.57. The molecule has 0 bridgehead atoms. The number of amides is 3. The van der Waals surface area contributed by atoms with Gasteiger partial charge >= 0.3 is 0 Å². The van der Waals surface area contributed by atoms with E-state index in [2.05, 4.69) is 43.0 Å². The van der Waals surface area contributed by atoms with Crippen LogP contribution in [0, 0.1) is 0 Å². The van der Waals surface area contributed by atoms with Crippen molar-refractivity contribution in [2.24, 2.45) is 5.73 Å². The Kier molecular flexibility index (Phi) is 21.1. The number of halogens is 5. The van der Waals surface area contributed by atoms with E-state index in [0.717, 1.165) is 27.1 Å². The molecule has 2 aliphatic rings. The third-order valence-electron chi connectivity index (χ3n) is 12.4. The van der Waals surface area contributed by atoms with Crippen LogP contribution in [0.4, 0.5) is 23.4 Å². The van der Waals surface area contributed by atoms with E-state index in [1.165, 1.54) is 6.20 Å². The number of hydrogen-bond donors (Lipinski definition) is 3. The summed E-state index contributed by atoms with van der Waals surface area (Å²) in [6, 6.07) is 41.9. The quantitative estimate of drug-likeness (QED) is 0.0418. The summed E-state index contributed by atoms with van der Waals surface area (Å²) in [6.07, 6.45) is 3.62. The normalized spacial score (nSPS) is 13.9. The lowest BCUT2D eigenvalue weighted by atomic mass is 10.00. The fourth-order valence-corrected chi connectivity index (χ4v) is 8.57. The van der Waals surface area contributed by atoms with Gasteiger partial charge in [0, 0.05) is 95.7 Å². The van der Waals surface area contributed by atoms with E-state index in [1.54, 1.807) is 108 Å². The Balaban J connectivity index is 0.000000190. The summed E-state index contributed by atoms with van der Waals surface area (Å²) in [6.45, 7) is 2.50. The zero-order chi connectivity index (χ0) is 58.1. The fourth-order valence-electron chi connectivity index (χ4n) is 8.40. The maximum atomic E-state index is 12.9. The van der Waals surface area contributed by atoms with Crippen molar-refractivity contribution in [2.75, 3.05) is 64.8 Å². The Morgan fingerprint density at radius 1 is 0.593 bits per heavy atom. The van der Waals surface area contributed by atoms with Crippen LogP contribution in [0.25, 0.3) is 21.5 Å². The Hall–Kier alpha value is -8.21. The van der Waals surface area contributed by atoms with Crippen molar-refractivity contribution in [2.45, 2.75) is 25.2 Å². The molecule has 2 aliphatic heterocycles. The molecule has 0 aliphatic carbocycles. The molecule has 22 heteroatoms. The van der Waals surface area contributed by atoms with Crippen LogP contribution in [0.15, 0.2) is 158 Å². The molecular weight excluding hydrogens is 1110 g/mol. The first-order valence-corrected chi connectivity index (χ1v) is 26.8. The molecule has 0 unspecified atom stereocenters. The van der Waals surface area contributed by atoms with Crippen LogP contribution in [-0.4, -0.2) is 115 Å². The van der Waals surface area contributed by atoms with Gasteiger partial charge in [-0.3, -0.25) is 29.0 Å². The van der Waals surface area contributed by atoms with Crippen LogP contribution < -0.4 is 35.3 Å². The predicted molar refractivity (Wildman–Crippen MR) is 307 cm³/mol. The monoisotopic (exact) mass is 1160 g/mol. The minimum absolute atomic E-state index is 0.139. The summed E-state index contributed by atoms with van der Waals surface area (Å²) in [5.41, 5.74) is 7.23. The maximum Gasteiger partial charge on any atom is 0.272 e. The number of carbonyl (C=O) groups excluding carboxylic acids is 4. The Bertz CT molecular complexity index is 3480. The number of hydrogen-bond acceptors (Lipinski definition) is 14. The molecule has 4 N–H and O–H groups in total. The van der Waals surface area contributed by atoms with Gasteiger partial charge < -0.3 is 35.3 Å². The van der Waals surface area contributed by atoms with Crippen LogP contribution in [0.5, 0.6) is 34.5 Å². The van der Waals surface area contributed by atoms with Crippen molar-refractivity contribution in [1.82, 2.24) is 25.1 Å². The largest absolute Gasteiger partial charge is 0.492 e. The third-order valence-corrected chi connectivity index (χ3v) is 12.6. The highest BCUT2D eigenvalue weighted by Gasteiger charge is 2.44. The molecule has 6 aromatic carbocycles. The summed E-state index contributed by atoms with van der Waals surface area (Å²) in [5, 5.41) is 9.34. The van der Waals surface area contributed by atoms with Gasteiger partial charge in [0.2, 0.25) is 5.91 Å². The average molecular weight is 1160 g/mol. The molecular formula is C59H54ClF4N7O8S2. The summed E-state index contributed by atoms with van der Waals surface area (Å²) >= 11 is 13.2. The van der Waals surface area contributed by atoms with E-state index < -0.39 is 17.8 Å². The zero-order valence-electron chi connectivity index (χ0n) is 43.7. The van der Waals surface area contributed by atoms with Gasteiger partial charge in [0.15, 0.2) is 5.78 Å². The number of Topliss-reactive ketones (excluding diaryl/α,β-unsaturated/α-hetero) is 1. The lowest BCUT2D eigenvalue weighted by Gasteiger charge is -2.38. The molecule has 8 aromatic rings. The first kappa shape index (κ1) is 60.4. The standard InChI is InChI=1S/C29H26F2N4O4.C18H14ClNO2.C12H14F2N2O2.S2/c1-32-28(37)25-4-2-3-20-15-22(9-10-24(20)25)39-23-11-12-33-26(16-23)34-27(36)19-5-7-21(8-6-19)38-14-13-35-17-29(30,31)18-35;1-2-17(21)16-5-3-4-12-10-13(6-7-15(12)16)22-14-8-9-20-18(19)11-14;13-12(14)7-16(8-12)5-6-18-10-3-1-9(2-4-10)11(15)17;1-2/h2-12,15-16H,13-14,17-18H2,1H3,(H,32,37)(H,33,34,36);3-11H,2H2,1H3;1-4H,5-8H2,(H2,15,17);. The molecule has 0 atom stereocenters. The van der Waals surface area contributed by atoms with E-state index >= 15 is 0 Å². The van der Waals surface area contributed by atoms with Gasteiger partial charge in [0.1, 0.15) is 58.7 Å². The molecule has 15 nitrogen and oxygen atoms in total. The van der Waals surface area contributed by atoms with Crippen LogP contribution in [0.1, 0.15) is 54.8 Å². The molecule has 2 saturated heterocycles. The molecule has 2 aromatic heterocycles. The second-order valence-electron chi connectivity index (χ2n) is 18.3. The molecule has 4 heterocycles. The number of primary amides is 1. The van der Waals surface area contributed by atoms with Crippen LogP contribution in [-0.2, 0) is 22.4 Å². The number of pyridine rings is 2. The molecule has 3 amide bonds. The number of ether oxygens (including phenoxy) is 4. The van der Waals surface area contributed by atoms with E-state index in [-0.39, 0.29) is 50.4 Å². The van der Waals surface area contributed by atoms with Crippen molar-refractivity contribution in [3.05, 3.63) is 185 Å². The van der Waals surface area contributed by atoms with E-state index in [4.69, 9.17) is 36.3 Å². The smallest absolute Gasteiger partial charge is 0.272 e. The number of benzene rings is 6. The number of nitrogens with zero attached hydrogens (tertiary/aromatic N) is 4. The van der Waals surface area contributed by atoms with Crippen molar-refractivity contribution in [3.8, 4) is 34.5 Å². The number of aromatic nitrogens is 2. The van der Waals surface area contributed by atoms with Crippen molar-refractivity contribution in [1.29, 1.82) is 0 Å². The van der Waals surface area contributed by atoms with Crippen molar-refractivity contribution >= 4 is 84.8 Å². The van der Waals surface area contributed by atoms with Crippen LogP contribution >= 0.6 is 11.6 Å². The van der Waals surface area contributed by atoms with Gasteiger partial charge in [-0.1, -0.05) is 48.9 Å². The number of carbonyl (C=O) groups is 4. The highest BCUT2D eigenvalue weighted by molar-refractivity contribution is 8.07. The third kappa shape index (κ3) is 17.4. The second-order valence-corrected chi connectivity index (χ2v) is 18.7. The topological polar surface area (TPSA) is 188 Å². The average Bonchev–Trinajstić information content (AvgIpc) is 3.44. The summed E-state index contributed by atoms with van der Waals surface area (Å²) < 4.78 is 73.6. The van der Waals surface area contributed by atoms with Crippen LogP contribution in [0.3, 0.4) is 0 Å². The number of nitrogens with one attached hydrogen (secondary N) is 2. The summed E-state index contributed by atoms with van der Waals surface area (Å²) in [4.78, 5) is 59.0. The minimum atomic E-state index is -2.59. The van der Waals surface area contributed by atoms with Gasteiger partial charge in [-0.2, -0.15) is 0 Å². The highest BCUT2D eigenvalue weighted by Crippen LogP contribution is 2.32. The molecule has 0 radical (unpaired) electrons. The fraction of sp³-hybridized carbons (Fsp3) is 0.220. The van der Waals surface area contributed by atoms with Crippen molar-refractivity contribution < 1.29 is 55.7 Å². The number of anilines is 1. The predicted octanol–water partition coefficient (Wildman–Crippen LogP) is 11.4. The highest BCUT2D eigenvalue weighted by atomic mass is 35.5. The van der Waals surface area contributed by atoms with Gasteiger partial charge in [0.05, 0.1) is 26.2 Å². The Morgan fingerprint density at radius 2 is 1.05 bits per heavy atom. The summed E-state index contributed by atoms with van der Waals surface area (Å²) in [5.74, 6) is -2.20. The first-order valence-electron chi connectivity index (χ1n) is 25.1. The Labute approximate surface area is 479 Å².